The smallest absolute Gasteiger partial charge is 0.132 e. The quantitative estimate of drug-likeness (QED) is 0.664. The monoisotopic (exact) mass is 211 g/mol. The first kappa shape index (κ1) is 9.71. The summed E-state index contributed by atoms with van der Waals surface area (Å²) in [5.41, 5.74) is 1.00. The van der Waals surface area contributed by atoms with Gasteiger partial charge in [-0.05, 0) is 12.8 Å². The molecule has 0 amide bonds. The molecular formula is C10H14ClN3. The first-order valence-electron chi connectivity index (χ1n) is 4.84. The molecule has 0 radical (unpaired) electrons. The topological polar surface area (TPSA) is 29.0 Å². The van der Waals surface area contributed by atoms with Crippen LogP contribution in [0, 0.1) is 12.8 Å². The highest BCUT2D eigenvalue weighted by molar-refractivity contribution is 6.21. The van der Waals surface area contributed by atoms with E-state index in [-0.39, 0.29) is 5.38 Å². The lowest BCUT2D eigenvalue weighted by Gasteiger charge is -2.16. The van der Waals surface area contributed by atoms with Gasteiger partial charge in [0.2, 0.25) is 0 Å². The molecule has 14 heavy (non-hydrogen) atoms. The van der Waals surface area contributed by atoms with Crippen LogP contribution in [-0.4, -0.2) is 28.4 Å². The molecule has 0 spiro atoms. The molecule has 1 aliphatic heterocycles. The number of rotatable bonds is 1. The summed E-state index contributed by atoms with van der Waals surface area (Å²) < 4.78 is 0. The summed E-state index contributed by atoms with van der Waals surface area (Å²) in [4.78, 5) is 10.5. The second kappa shape index (κ2) is 3.73. The van der Waals surface area contributed by atoms with Crippen LogP contribution in [0.15, 0.2) is 12.4 Å². The number of aryl methyl sites for hydroxylation is 1. The molecule has 2 heterocycles. The number of halogens is 1. The summed E-state index contributed by atoms with van der Waals surface area (Å²) in [5, 5.41) is 0.241. The van der Waals surface area contributed by atoms with Crippen LogP contribution in [0.3, 0.4) is 0 Å². The first-order chi connectivity index (χ1) is 6.66. The van der Waals surface area contributed by atoms with Crippen LogP contribution in [0.2, 0.25) is 0 Å². The van der Waals surface area contributed by atoms with Crippen LogP contribution in [0.25, 0.3) is 0 Å². The normalized spacial score (nSPS) is 26.9. The highest BCUT2D eigenvalue weighted by Gasteiger charge is 2.28. The fraction of sp³-hybridized carbons (Fsp3) is 0.600. The van der Waals surface area contributed by atoms with Gasteiger partial charge in [0, 0.05) is 24.8 Å². The molecule has 2 rings (SSSR count). The first-order valence-corrected chi connectivity index (χ1v) is 5.28. The highest BCUT2D eigenvalue weighted by Crippen LogP contribution is 2.25. The van der Waals surface area contributed by atoms with E-state index in [0.717, 1.165) is 24.6 Å². The lowest BCUT2D eigenvalue weighted by molar-refractivity contribution is 0.665. The Kier molecular flexibility index (Phi) is 2.59. The molecule has 2 unspecified atom stereocenters. The van der Waals surface area contributed by atoms with Crippen molar-refractivity contribution in [3.63, 3.8) is 0 Å². The summed E-state index contributed by atoms with van der Waals surface area (Å²) in [5.74, 6) is 1.53. The Bertz CT molecular complexity index is 319. The van der Waals surface area contributed by atoms with Gasteiger partial charge in [0.05, 0.1) is 5.38 Å². The number of hydrogen-bond donors (Lipinski definition) is 0. The SMILES string of the molecule is Cc1cc(N2CC(C)C(Cl)C2)ncn1. The van der Waals surface area contributed by atoms with E-state index < -0.39 is 0 Å². The van der Waals surface area contributed by atoms with Crippen molar-refractivity contribution in [3.05, 3.63) is 18.1 Å². The minimum Gasteiger partial charge on any atom is -0.355 e. The molecule has 0 bridgehead atoms. The van der Waals surface area contributed by atoms with Gasteiger partial charge in [-0.1, -0.05) is 6.92 Å². The second-order valence-corrected chi connectivity index (χ2v) is 4.48. The molecular weight excluding hydrogens is 198 g/mol. The van der Waals surface area contributed by atoms with Gasteiger partial charge in [-0.15, -0.1) is 11.6 Å². The Morgan fingerprint density at radius 1 is 1.43 bits per heavy atom. The number of alkyl halides is 1. The van der Waals surface area contributed by atoms with Crippen molar-refractivity contribution in [2.75, 3.05) is 18.0 Å². The number of nitrogens with zero attached hydrogens (tertiary/aromatic N) is 3. The molecule has 1 fully saturated rings. The van der Waals surface area contributed by atoms with Crippen molar-refractivity contribution in [2.45, 2.75) is 19.2 Å². The van der Waals surface area contributed by atoms with Crippen molar-refractivity contribution in [3.8, 4) is 0 Å². The Morgan fingerprint density at radius 3 is 2.79 bits per heavy atom. The Hall–Kier alpha value is -0.830. The predicted octanol–water partition coefficient (Wildman–Crippen LogP) is 1.85. The molecule has 1 aromatic heterocycles. The van der Waals surface area contributed by atoms with Gasteiger partial charge in [-0.25, -0.2) is 9.97 Å². The third kappa shape index (κ3) is 1.82. The van der Waals surface area contributed by atoms with E-state index in [2.05, 4.69) is 21.8 Å². The fourth-order valence-electron chi connectivity index (χ4n) is 1.73. The second-order valence-electron chi connectivity index (χ2n) is 3.92. The lowest BCUT2D eigenvalue weighted by Crippen LogP contribution is -2.21. The van der Waals surface area contributed by atoms with E-state index in [9.17, 15) is 0 Å². The maximum Gasteiger partial charge on any atom is 0.132 e. The molecule has 0 N–H and O–H groups in total. The Balaban J connectivity index is 2.17. The van der Waals surface area contributed by atoms with E-state index in [1.165, 1.54) is 0 Å². The Morgan fingerprint density at radius 2 is 2.21 bits per heavy atom. The molecule has 0 aliphatic carbocycles. The zero-order valence-corrected chi connectivity index (χ0v) is 9.20. The van der Waals surface area contributed by atoms with E-state index in [1.807, 2.05) is 13.0 Å². The average Bonchev–Trinajstić information content (AvgIpc) is 2.47. The lowest BCUT2D eigenvalue weighted by atomic mass is 10.2. The molecule has 4 heteroatoms. The Labute approximate surface area is 89.1 Å². The number of anilines is 1. The van der Waals surface area contributed by atoms with Crippen LogP contribution < -0.4 is 4.90 Å². The van der Waals surface area contributed by atoms with E-state index in [0.29, 0.717) is 5.92 Å². The third-order valence-electron chi connectivity index (χ3n) is 2.63. The van der Waals surface area contributed by atoms with Crippen LogP contribution in [0.5, 0.6) is 0 Å². The van der Waals surface area contributed by atoms with Gasteiger partial charge < -0.3 is 4.90 Å². The van der Waals surface area contributed by atoms with Gasteiger partial charge in [-0.2, -0.15) is 0 Å². The standard InChI is InChI=1S/C10H14ClN3/c1-7-4-14(5-9(7)11)10-3-8(2)12-6-13-10/h3,6-7,9H,4-5H2,1-2H3. The number of aromatic nitrogens is 2. The van der Waals surface area contributed by atoms with E-state index in [1.54, 1.807) is 6.33 Å². The minimum atomic E-state index is 0.241. The highest BCUT2D eigenvalue weighted by atomic mass is 35.5. The minimum absolute atomic E-state index is 0.241. The zero-order chi connectivity index (χ0) is 10.1. The molecule has 1 saturated heterocycles. The van der Waals surface area contributed by atoms with Gasteiger partial charge >= 0.3 is 0 Å². The van der Waals surface area contributed by atoms with Gasteiger partial charge in [0.25, 0.3) is 0 Å². The van der Waals surface area contributed by atoms with Crippen LogP contribution in [0.1, 0.15) is 12.6 Å². The van der Waals surface area contributed by atoms with Crippen LogP contribution in [-0.2, 0) is 0 Å². The molecule has 3 nitrogen and oxygen atoms in total. The maximum absolute atomic E-state index is 6.16. The summed E-state index contributed by atoms with van der Waals surface area (Å²) in [6.45, 7) is 6.03. The van der Waals surface area contributed by atoms with E-state index >= 15 is 0 Å². The van der Waals surface area contributed by atoms with Crippen molar-refractivity contribution < 1.29 is 0 Å². The molecule has 0 saturated carbocycles. The van der Waals surface area contributed by atoms with Gasteiger partial charge in [0.15, 0.2) is 0 Å². The van der Waals surface area contributed by atoms with E-state index in [4.69, 9.17) is 11.6 Å². The van der Waals surface area contributed by atoms with Crippen molar-refractivity contribution in [1.29, 1.82) is 0 Å². The molecule has 0 aromatic carbocycles. The number of hydrogen-bond acceptors (Lipinski definition) is 3. The summed E-state index contributed by atoms with van der Waals surface area (Å²) >= 11 is 6.16. The summed E-state index contributed by atoms with van der Waals surface area (Å²) in [7, 11) is 0. The fourth-order valence-corrected chi connectivity index (χ4v) is 1.97. The molecule has 2 atom stereocenters. The molecule has 1 aliphatic rings. The summed E-state index contributed by atoms with van der Waals surface area (Å²) in [6.07, 6.45) is 1.61. The maximum atomic E-state index is 6.16. The molecule has 76 valence electrons. The van der Waals surface area contributed by atoms with Crippen molar-refractivity contribution in [2.24, 2.45) is 5.92 Å². The summed E-state index contributed by atoms with van der Waals surface area (Å²) in [6, 6.07) is 2.00. The third-order valence-corrected chi connectivity index (χ3v) is 3.20. The van der Waals surface area contributed by atoms with Crippen molar-refractivity contribution >= 4 is 17.4 Å². The predicted molar refractivity (Wildman–Crippen MR) is 57.8 cm³/mol. The van der Waals surface area contributed by atoms with Crippen LogP contribution in [0.4, 0.5) is 5.82 Å². The van der Waals surface area contributed by atoms with Gasteiger partial charge in [0.1, 0.15) is 12.1 Å². The largest absolute Gasteiger partial charge is 0.355 e. The zero-order valence-electron chi connectivity index (χ0n) is 8.44. The average molecular weight is 212 g/mol. The van der Waals surface area contributed by atoms with Crippen LogP contribution >= 0.6 is 11.6 Å². The van der Waals surface area contributed by atoms with Gasteiger partial charge in [-0.3, -0.25) is 0 Å². The molecule has 1 aromatic rings. The van der Waals surface area contributed by atoms with Crippen molar-refractivity contribution in [1.82, 2.24) is 9.97 Å².